The topological polar surface area (TPSA) is 40.6 Å². The summed E-state index contributed by atoms with van der Waals surface area (Å²) >= 11 is 0. The van der Waals surface area contributed by atoms with Crippen LogP contribution in [0, 0.1) is 0 Å². The molecule has 1 aromatic rings. The molecule has 3 rings (SSSR count). The van der Waals surface area contributed by atoms with Crippen molar-refractivity contribution in [2.24, 2.45) is 0 Å². The monoisotopic (exact) mass is 272 g/mol. The lowest BCUT2D eigenvalue weighted by Crippen LogP contribution is -2.45. The first-order valence-electron chi connectivity index (χ1n) is 7.30. The lowest BCUT2D eigenvalue weighted by molar-refractivity contribution is -0.130. The highest BCUT2D eigenvalue weighted by molar-refractivity contribution is 6.05. The number of nitrogens with zero attached hydrogens (tertiary/aromatic N) is 2. The molecular weight excluding hydrogens is 252 g/mol. The molecular formula is C16H20N2O2. The molecule has 2 aliphatic rings. The number of piperidine rings is 1. The third-order valence-corrected chi connectivity index (χ3v) is 4.26. The minimum atomic E-state index is 0.0245. The summed E-state index contributed by atoms with van der Waals surface area (Å²) in [6.07, 6.45) is 2.07. The van der Waals surface area contributed by atoms with Crippen LogP contribution in [0.4, 0.5) is 0 Å². The van der Waals surface area contributed by atoms with E-state index in [1.807, 2.05) is 6.07 Å². The van der Waals surface area contributed by atoms with Gasteiger partial charge < -0.3 is 4.90 Å². The zero-order valence-corrected chi connectivity index (χ0v) is 11.6. The van der Waals surface area contributed by atoms with Gasteiger partial charge in [0.15, 0.2) is 5.78 Å². The van der Waals surface area contributed by atoms with Gasteiger partial charge in [-0.2, -0.15) is 0 Å². The summed E-state index contributed by atoms with van der Waals surface area (Å²) in [4.78, 5) is 27.3. The second kappa shape index (κ2) is 5.75. The second-order valence-corrected chi connectivity index (χ2v) is 5.73. The normalized spacial score (nSPS) is 21.7. The largest absolute Gasteiger partial charge is 0.332 e. The molecule has 0 atom stereocenters. The predicted molar refractivity (Wildman–Crippen MR) is 76.1 cm³/mol. The van der Waals surface area contributed by atoms with Crippen LogP contribution in [0.15, 0.2) is 30.3 Å². The van der Waals surface area contributed by atoms with Crippen molar-refractivity contribution in [2.75, 3.05) is 19.6 Å². The summed E-state index contributed by atoms with van der Waals surface area (Å²) in [5, 5.41) is 0. The molecule has 1 aromatic carbocycles. The van der Waals surface area contributed by atoms with Gasteiger partial charge in [0, 0.05) is 25.7 Å². The van der Waals surface area contributed by atoms with Gasteiger partial charge in [-0.05, 0) is 18.4 Å². The van der Waals surface area contributed by atoms with Gasteiger partial charge in [-0.15, -0.1) is 0 Å². The first-order valence-corrected chi connectivity index (χ1v) is 7.30. The molecule has 2 heterocycles. The minimum absolute atomic E-state index is 0.0245. The molecule has 4 nitrogen and oxygen atoms in total. The van der Waals surface area contributed by atoms with E-state index in [2.05, 4.69) is 29.2 Å². The Labute approximate surface area is 119 Å². The van der Waals surface area contributed by atoms with Gasteiger partial charge in [-0.3, -0.25) is 14.5 Å². The van der Waals surface area contributed by atoms with Crippen LogP contribution >= 0.6 is 0 Å². The summed E-state index contributed by atoms with van der Waals surface area (Å²) in [5.74, 6) is 0.0956. The predicted octanol–water partition coefficient (Wildman–Crippen LogP) is 1.45. The van der Waals surface area contributed by atoms with E-state index in [4.69, 9.17) is 0 Å². The van der Waals surface area contributed by atoms with Crippen molar-refractivity contribution in [3.63, 3.8) is 0 Å². The maximum Gasteiger partial charge on any atom is 0.230 e. The van der Waals surface area contributed by atoms with Crippen molar-refractivity contribution in [3.05, 3.63) is 35.9 Å². The van der Waals surface area contributed by atoms with E-state index in [-0.39, 0.29) is 24.2 Å². The van der Waals surface area contributed by atoms with Gasteiger partial charge in [0.25, 0.3) is 0 Å². The quantitative estimate of drug-likeness (QED) is 0.782. The number of hydrogen-bond acceptors (Lipinski definition) is 3. The number of benzene rings is 1. The standard InChI is InChI=1S/C16H20N2O2/c19-15-10-16(20)18(12-15)14-6-8-17(9-7-14)11-13-4-2-1-3-5-13/h1-5,14H,6-12H2. The molecule has 0 saturated carbocycles. The summed E-state index contributed by atoms with van der Waals surface area (Å²) in [6.45, 7) is 3.30. The molecule has 0 aliphatic carbocycles. The van der Waals surface area contributed by atoms with Gasteiger partial charge in [0.1, 0.15) is 0 Å². The smallest absolute Gasteiger partial charge is 0.230 e. The van der Waals surface area contributed by atoms with Gasteiger partial charge in [-0.1, -0.05) is 30.3 Å². The molecule has 0 aromatic heterocycles. The molecule has 0 bridgehead atoms. The van der Waals surface area contributed by atoms with E-state index in [1.54, 1.807) is 4.90 Å². The molecule has 0 N–H and O–H groups in total. The Bertz CT molecular complexity index is 492. The first kappa shape index (κ1) is 13.3. The fourth-order valence-corrected chi connectivity index (χ4v) is 3.17. The van der Waals surface area contributed by atoms with E-state index in [0.717, 1.165) is 32.5 Å². The van der Waals surface area contributed by atoms with E-state index < -0.39 is 0 Å². The van der Waals surface area contributed by atoms with Crippen molar-refractivity contribution in [2.45, 2.75) is 31.8 Å². The maximum absolute atomic E-state index is 11.7. The van der Waals surface area contributed by atoms with Crippen LogP contribution in [0.1, 0.15) is 24.8 Å². The fraction of sp³-hybridized carbons (Fsp3) is 0.500. The number of rotatable bonds is 3. The van der Waals surface area contributed by atoms with Gasteiger partial charge >= 0.3 is 0 Å². The summed E-state index contributed by atoms with van der Waals surface area (Å²) in [7, 11) is 0. The number of likely N-dealkylation sites (tertiary alicyclic amines) is 2. The number of carbonyl (C=O) groups is 2. The zero-order valence-electron chi connectivity index (χ0n) is 11.6. The average Bonchev–Trinajstić information content (AvgIpc) is 2.80. The van der Waals surface area contributed by atoms with Crippen LogP contribution in [0.5, 0.6) is 0 Å². The molecule has 0 spiro atoms. The van der Waals surface area contributed by atoms with Gasteiger partial charge in [0.2, 0.25) is 5.91 Å². The summed E-state index contributed by atoms with van der Waals surface area (Å²) < 4.78 is 0. The highest BCUT2D eigenvalue weighted by Gasteiger charge is 2.34. The SMILES string of the molecule is O=C1CC(=O)N(C2CCN(Cc3ccccc3)CC2)C1. The number of amides is 1. The van der Waals surface area contributed by atoms with Crippen LogP contribution in [0.3, 0.4) is 0 Å². The Hall–Kier alpha value is -1.68. The Kier molecular flexibility index (Phi) is 3.83. The van der Waals surface area contributed by atoms with Crippen LogP contribution in [-0.4, -0.2) is 47.2 Å². The van der Waals surface area contributed by atoms with Gasteiger partial charge in [0.05, 0.1) is 13.0 Å². The Morgan fingerprint density at radius 3 is 2.35 bits per heavy atom. The summed E-state index contributed by atoms with van der Waals surface area (Å²) in [5.41, 5.74) is 1.33. The third-order valence-electron chi connectivity index (χ3n) is 4.26. The fourth-order valence-electron chi connectivity index (χ4n) is 3.17. The molecule has 106 valence electrons. The van der Waals surface area contributed by atoms with Gasteiger partial charge in [-0.25, -0.2) is 0 Å². The van der Waals surface area contributed by atoms with Crippen molar-refractivity contribution < 1.29 is 9.59 Å². The molecule has 2 fully saturated rings. The van der Waals surface area contributed by atoms with Crippen molar-refractivity contribution >= 4 is 11.7 Å². The van der Waals surface area contributed by atoms with Crippen LogP contribution in [0.2, 0.25) is 0 Å². The van der Waals surface area contributed by atoms with E-state index in [9.17, 15) is 9.59 Å². The minimum Gasteiger partial charge on any atom is -0.332 e. The lowest BCUT2D eigenvalue weighted by Gasteiger charge is -2.36. The second-order valence-electron chi connectivity index (χ2n) is 5.73. The maximum atomic E-state index is 11.7. The average molecular weight is 272 g/mol. The number of hydrogen-bond donors (Lipinski definition) is 0. The van der Waals surface area contributed by atoms with Crippen LogP contribution in [0.25, 0.3) is 0 Å². The highest BCUT2D eigenvalue weighted by atomic mass is 16.2. The van der Waals surface area contributed by atoms with E-state index in [1.165, 1.54) is 5.56 Å². The molecule has 2 aliphatic heterocycles. The Morgan fingerprint density at radius 2 is 1.75 bits per heavy atom. The summed E-state index contributed by atoms with van der Waals surface area (Å²) in [6, 6.07) is 10.7. The van der Waals surface area contributed by atoms with E-state index in [0.29, 0.717) is 6.54 Å². The Morgan fingerprint density at radius 1 is 1.05 bits per heavy atom. The first-order chi connectivity index (χ1) is 9.72. The van der Waals surface area contributed by atoms with Crippen molar-refractivity contribution in [1.29, 1.82) is 0 Å². The molecule has 4 heteroatoms. The highest BCUT2D eigenvalue weighted by Crippen LogP contribution is 2.21. The molecule has 20 heavy (non-hydrogen) atoms. The number of carbonyl (C=O) groups excluding carboxylic acids is 2. The van der Waals surface area contributed by atoms with Crippen molar-refractivity contribution in [3.8, 4) is 0 Å². The lowest BCUT2D eigenvalue weighted by atomic mass is 10.0. The number of Topliss-reactive ketones (excluding diaryl/α,β-unsaturated/α-hetero) is 1. The zero-order chi connectivity index (χ0) is 13.9. The molecule has 2 saturated heterocycles. The van der Waals surface area contributed by atoms with E-state index >= 15 is 0 Å². The third kappa shape index (κ3) is 2.90. The molecule has 1 amide bonds. The molecule has 0 radical (unpaired) electrons. The number of ketones is 1. The Balaban J connectivity index is 1.52. The molecule has 0 unspecified atom stereocenters. The van der Waals surface area contributed by atoms with Crippen LogP contribution in [-0.2, 0) is 16.1 Å². The van der Waals surface area contributed by atoms with Crippen LogP contribution < -0.4 is 0 Å². The van der Waals surface area contributed by atoms with Crippen molar-refractivity contribution in [1.82, 2.24) is 9.80 Å².